The largest absolute Gasteiger partial charge is 0.302 e. The second-order valence-electron chi connectivity index (χ2n) is 3.67. The van der Waals surface area contributed by atoms with E-state index in [1.807, 2.05) is 31.3 Å². The van der Waals surface area contributed by atoms with Crippen molar-refractivity contribution in [1.29, 1.82) is 0 Å². The Balaban J connectivity index is 2.09. The number of aromatic amines is 1. The summed E-state index contributed by atoms with van der Waals surface area (Å²) < 4.78 is 0. The third kappa shape index (κ3) is 2.96. The van der Waals surface area contributed by atoms with Crippen LogP contribution in [0.1, 0.15) is 12.5 Å². The van der Waals surface area contributed by atoms with E-state index in [-0.39, 0.29) is 0 Å². The van der Waals surface area contributed by atoms with Gasteiger partial charge in [0.25, 0.3) is 0 Å². The van der Waals surface area contributed by atoms with Gasteiger partial charge in [-0.15, -0.1) is 5.92 Å². The standard InChI is InChI=1S/C14H15N3/c1-2-3-9-15-10-13-11-16-17-14(13)12-7-5-4-6-8-12/h4-8,11,15H,9-10H2,1H3,(H,16,17). The molecule has 3 heteroatoms. The van der Waals surface area contributed by atoms with Crippen molar-refractivity contribution in [1.82, 2.24) is 15.5 Å². The molecular formula is C14H15N3. The predicted molar refractivity (Wildman–Crippen MR) is 69.2 cm³/mol. The average molecular weight is 225 g/mol. The van der Waals surface area contributed by atoms with Crippen LogP contribution in [-0.4, -0.2) is 16.7 Å². The molecule has 1 heterocycles. The van der Waals surface area contributed by atoms with Crippen molar-refractivity contribution in [2.24, 2.45) is 0 Å². The molecule has 0 aliphatic heterocycles. The molecule has 2 N–H and O–H groups in total. The van der Waals surface area contributed by atoms with Crippen molar-refractivity contribution in [3.8, 4) is 23.1 Å². The first kappa shape index (κ1) is 11.4. The van der Waals surface area contributed by atoms with Gasteiger partial charge in [-0.1, -0.05) is 36.3 Å². The summed E-state index contributed by atoms with van der Waals surface area (Å²) in [5.41, 5.74) is 3.39. The topological polar surface area (TPSA) is 40.7 Å². The Morgan fingerprint density at radius 1 is 1.29 bits per heavy atom. The highest BCUT2D eigenvalue weighted by Gasteiger charge is 2.05. The molecule has 0 radical (unpaired) electrons. The molecule has 3 nitrogen and oxygen atoms in total. The number of hydrogen-bond acceptors (Lipinski definition) is 2. The van der Waals surface area contributed by atoms with Gasteiger partial charge in [0, 0.05) is 12.1 Å². The van der Waals surface area contributed by atoms with E-state index in [0.29, 0.717) is 6.54 Å². The van der Waals surface area contributed by atoms with Crippen molar-refractivity contribution >= 4 is 0 Å². The van der Waals surface area contributed by atoms with Crippen molar-refractivity contribution in [2.75, 3.05) is 6.54 Å². The second-order valence-corrected chi connectivity index (χ2v) is 3.67. The Morgan fingerprint density at radius 2 is 2.12 bits per heavy atom. The Labute approximate surface area is 101 Å². The summed E-state index contributed by atoms with van der Waals surface area (Å²) in [6.45, 7) is 3.32. The molecule has 2 rings (SSSR count). The van der Waals surface area contributed by atoms with Crippen LogP contribution < -0.4 is 5.32 Å². The fourth-order valence-electron chi connectivity index (χ4n) is 1.65. The van der Waals surface area contributed by atoms with E-state index in [4.69, 9.17) is 0 Å². The van der Waals surface area contributed by atoms with Gasteiger partial charge in [0.1, 0.15) is 0 Å². The van der Waals surface area contributed by atoms with Crippen molar-refractivity contribution < 1.29 is 0 Å². The molecule has 0 unspecified atom stereocenters. The van der Waals surface area contributed by atoms with E-state index in [0.717, 1.165) is 23.4 Å². The van der Waals surface area contributed by atoms with Crippen LogP contribution in [0.15, 0.2) is 36.5 Å². The van der Waals surface area contributed by atoms with Crippen LogP contribution in [0.4, 0.5) is 0 Å². The first-order valence-electron chi connectivity index (χ1n) is 5.60. The molecule has 0 spiro atoms. The van der Waals surface area contributed by atoms with E-state index in [1.165, 1.54) is 0 Å². The number of H-pyrrole nitrogens is 1. The predicted octanol–water partition coefficient (Wildman–Crippen LogP) is 2.19. The summed E-state index contributed by atoms with van der Waals surface area (Å²) in [4.78, 5) is 0. The molecule has 86 valence electrons. The van der Waals surface area contributed by atoms with Crippen LogP contribution in [0.3, 0.4) is 0 Å². The summed E-state index contributed by atoms with van der Waals surface area (Å²) in [6.07, 6.45) is 1.86. The van der Waals surface area contributed by atoms with Gasteiger partial charge >= 0.3 is 0 Å². The summed E-state index contributed by atoms with van der Waals surface area (Å²) in [7, 11) is 0. The highest BCUT2D eigenvalue weighted by Crippen LogP contribution is 2.20. The molecule has 17 heavy (non-hydrogen) atoms. The van der Waals surface area contributed by atoms with Crippen LogP contribution in [0.25, 0.3) is 11.3 Å². The normalized spacial score (nSPS) is 9.71. The van der Waals surface area contributed by atoms with Crippen LogP contribution >= 0.6 is 0 Å². The third-order valence-electron chi connectivity index (χ3n) is 2.49. The molecule has 0 aliphatic carbocycles. The minimum atomic E-state index is 0.704. The molecule has 0 saturated heterocycles. The van der Waals surface area contributed by atoms with E-state index < -0.39 is 0 Å². The molecular weight excluding hydrogens is 210 g/mol. The zero-order valence-corrected chi connectivity index (χ0v) is 9.83. The molecule has 0 bridgehead atoms. The maximum absolute atomic E-state index is 4.10. The van der Waals surface area contributed by atoms with E-state index >= 15 is 0 Å². The second kappa shape index (κ2) is 5.88. The van der Waals surface area contributed by atoms with E-state index in [2.05, 4.69) is 39.5 Å². The number of aromatic nitrogens is 2. The molecule has 1 aromatic heterocycles. The Kier molecular flexibility index (Phi) is 3.95. The Hall–Kier alpha value is -2.05. The fraction of sp³-hybridized carbons (Fsp3) is 0.214. The van der Waals surface area contributed by atoms with Crippen molar-refractivity contribution in [2.45, 2.75) is 13.5 Å². The highest BCUT2D eigenvalue weighted by molar-refractivity contribution is 5.62. The zero-order chi connectivity index (χ0) is 11.9. The van der Waals surface area contributed by atoms with Gasteiger partial charge in [0.05, 0.1) is 18.4 Å². The summed E-state index contributed by atoms with van der Waals surface area (Å²) >= 11 is 0. The monoisotopic (exact) mass is 225 g/mol. The first-order valence-corrected chi connectivity index (χ1v) is 5.60. The molecule has 1 aromatic carbocycles. The molecule has 2 aromatic rings. The summed E-state index contributed by atoms with van der Waals surface area (Å²) in [6, 6.07) is 10.2. The van der Waals surface area contributed by atoms with Gasteiger partial charge in [0.2, 0.25) is 0 Å². The maximum Gasteiger partial charge on any atom is 0.0695 e. The van der Waals surface area contributed by atoms with Crippen LogP contribution in [0.5, 0.6) is 0 Å². The lowest BCUT2D eigenvalue weighted by Gasteiger charge is -2.03. The number of hydrogen-bond donors (Lipinski definition) is 2. The Morgan fingerprint density at radius 3 is 2.88 bits per heavy atom. The fourth-order valence-corrected chi connectivity index (χ4v) is 1.65. The maximum atomic E-state index is 4.10. The van der Waals surface area contributed by atoms with Gasteiger partial charge < -0.3 is 5.32 Å². The molecule has 0 saturated carbocycles. The molecule has 0 fully saturated rings. The van der Waals surface area contributed by atoms with Crippen molar-refractivity contribution in [3.05, 3.63) is 42.1 Å². The Bertz CT molecular complexity index is 517. The highest BCUT2D eigenvalue weighted by atomic mass is 15.1. The van der Waals surface area contributed by atoms with Gasteiger partial charge in [0.15, 0.2) is 0 Å². The van der Waals surface area contributed by atoms with Crippen molar-refractivity contribution in [3.63, 3.8) is 0 Å². The minimum Gasteiger partial charge on any atom is -0.302 e. The quantitative estimate of drug-likeness (QED) is 0.618. The average Bonchev–Trinajstić information content (AvgIpc) is 2.84. The SMILES string of the molecule is CC#CCNCc1cn[nH]c1-c1ccccc1. The lowest BCUT2D eigenvalue weighted by atomic mass is 10.1. The lowest BCUT2D eigenvalue weighted by Crippen LogP contribution is -2.13. The molecule has 0 atom stereocenters. The molecule has 0 amide bonds. The van der Waals surface area contributed by atoms with Gasteiger partial charge in [-0.2, -0.15) is 5.10 Å². The lowest BCUT2D eigenvalue weighted by molar-refractivity contribution is 0.771. The van der Waals surface area contributed by atoms with E-state index in [9.17, 15) is 0 Å². The number of benzene rings is 1. The van der Waals surface area contributed by atoms with Gasteiger partial charge in [-0.05, 0) is 12.5 Å². The third-order valence-corrected chi connectivity index (χ3v) is 2.49. The summed E-state index contributed by atoms with van der Waals surface area (Å²) in [5, 5.41) is 10.4. The van der Waals surface area contributed by atoms with Gasteiger partial charge in [-0.25, -0.2) is 0 Å². The summed E-state index contributed by atoms with van der Waals surface area (Å²) in [5.74, 6) is 5.84. The molecule has 0 aliphatic rings. The number of nitrogens with one attached hydrogen (secondary N) is 2. The van der Waals surface area contributed by atoms with E-state index in [1.54, 1.807) is 0 Å². The number of nitrogens with zero attached hydrogens (tertiary/aromatic N) is 1. The zero-order valence-electron chi connectivity index (χ0n) is 9.83. The van der Waals surface area contributed by atoms with Crippen LogP contribution in [-0.2, 0) is 6.54 Å². The van der Waals surface area contributed by atoms with Crippen LogP contribution in [0.2, 0.25) is 0 Å². The first-order chi connectivity index (χ1) is 8.42. The number of rotatable bonds is 4. The van der Waals surface area contributed by atoms with Crippen LogP contribution in [0, 0.1) is 11.8 Å². The minimum absolute atomic E-state index is 0.704. The smallest absolute Gasteiger partial charge is 0.0695 e. The van der Waals surface area contributed by atoms with Gasteiger partial charge in [-0.3, -0.25) is 5.10 Å².